The Morgan fingerprint density at radius 1 is 1.45 bits per heavy atom. The van der Waals surface area contributed by atoms with E-state index in [0.29, 0.717) is 0 Å². The number of carbonyl (C=O) groups is 2. The van der Waals surface area contributed by atoms with Crippen LogP contribution in [0.1, 0.15) is 20.3 Å². The number of carboxylic acid groups (broad SMARTS) is 1. The van der Waals surface area contributed by atoms with Gasteiger partial charge >= 0.3 is 5.97 Å². The average Bonchev–Trinajstić information content (AvgIpc) is 2.37. The summed E-state index contributed by atoms with van der Waals surface area (Å²) < 4.78 is 26.6. The van der Waals surface area contributed by atoms with Crippen molar-refractivity contribution in [3.05, 3.63) is 23.8 Å². The number of hydrogen-bond acceptors (Lipinski definition) is 3. The van der Waals surface area contributed by atoms with Crippen molar-refractivity contribution >= 4 is 23.3 Å². The van der Waals surface area contributed by atoms with Crippen LogP contribution in [0.15, 0.2) is 12.1 Å². The standard InChI is InChI=1S/C13H14F2N2O3/c1-3-10(13(19)20)17-11-5-8(15)7(14)4-9(11)16-6(2)12(17)18/h4-6,10,16H,3H2,1-2H3,(H,19,20). The predicted octanol–water partition coefficient (Wildman–Crippen LogP) is 1.97. The summed E-state index contributed by atoms with van der Waals surface area (Å²) >= 11 is 0. The highest BCUT2D eigenvalue weighted by Gasteiger charge is 2.37. The Morgan fingerprint density at radius 3 is 2.60 bits per heavy atom. The van der Waals surface area contributed by atoms with Gasteiger partial charge in [-0.25, -0.2) is 13.6 Å². The van der Waals surface area contributed by atoms with E-state index in [0.717, 1.165) is 17.0 Å². The van der Waals surface area contributed by atoms with E-state index >= 15 is 0 Å². The molecule has 0 saturated heterocycles. The SMILES string of the molecule is CCC(C(=O)O)N1C(=O)C(C)Nc2cc(F)c(F)cc21. The molecule has 1 aromatic rings. The van der Waals surface area contributed by atoms with Crippen LogP contribution in [0.3, 0.4) is 0 Å². The lowest BCUT2D eigenvalue weighted by Crippen LogP contribution is -2.53. The summed E-state index contributed by atoms with van der Waals surface area (Å²) in [6.45, 7) is 3.15. The molecule has 1 heterocycles. The molecule has 5 nitrogen and oxygen atoms in total. The fraction of sp³-hybridized carbons (Fsp3) is 0.385. The molecule has 0 fully saturated rings. The zero-order valence-electron chi connectivity index (χ0n) is 11.0. The first kappa shape index (κ1) is 14.2. The first-order chi connectivity index (χ1) is 9.36. The fourth-order valence-corrected chi connectivity index (χ4v) is 2.26. The maximum Gasteiger partial charge on any atom is 0.326 e. The van der Waals surface area contributed by atoms with Gasteiger partial charge in [-0.2, -0.15) is 0 Å². The van der Waals surface area contributed by atoms with Crippen LogP contribution in [0.5, 0.6) is 0 Å². The molecule has 0 saturated carbocycles. The molecule has 2 rings (SSSR count). The Hall–Kier alpha value is -2.18. The second-order valence-electron chi connectivity index (χ2n) is 4.62. The first-order valence-electron chi connectivity index (χ1n) is 6.18. The van der Waals surface area contributed by atoms with E-state index in [-0.39, 0.29) is 17.8 Å². The second kappa shape index (κ2) is 5.07. The summed E-state index contributed by atoms with van der Waals surface area (Å²) in [5.74, 6) is -3.86. The van der Waals surface area contributed by atoms with Crippen molar-refractivity contribution in [2.75, 3.05) is 10.2 Å². The highest BCUT2D eigenvalue weighted by atomic mass is 19.2. The van der Waals surface area contributed by atoms with Gasteiger partial charge in [0.1, 0.15) is 12.1 Å². The van der Waals surface area contributed by atoms with Crippen molar-refractivity contribution < 1.29 is 23.5 Å². The molecule has 1 amide bonds. The minimum Gasteiger partial charge on any atom is -0.480 e. The molecule has 0 spiro atoms. The van der Waals surface area contributed by atoms with Gasteiger partial charge in [-0.15, -0.1) is 0 Å². The lowest BCUT2D eigenvalue weighted by molar-refractivity contribution is -0.140. The number of carboxylic acids is 1. The van der Waals surface area contributed by atoms with E-state index in [9.17, 15) is 23.5 Å². The summed E-state index contributed by atoms with van der Waals surface area (Å²) in [6, 6.07) is -0.0567. The van der Waals surface area contributed by atoms with Crippen molar-refractivity contribution in [2.45, 2.75) is 32.4 Å². The number of nitrogens with zero attached hydrogens (tertiary/aromatic N) is 1. The van der Waals surface area contributed by atoms with Crippen LogP contribution >= 0.6 is 0 Å². The van der Waals surface area contributed by atoms with Crippen molar-refractivity contribution in [1.29, 1.82) is 0 Å². The molecule has 20 heavy (non-hydrogen) atoms. The largest absolute Gasteiger partial charge is 0.480 e. The number of halogens is 2. The van der Waals surface area contributed by atoms with Crippen molar-refractivity contribution in [2.24, 2.45) is 0 Å². The van der Waals surface area contributed by atoms with Crippen LogP contribution in [0, 0.1) is 11.6 Å². The minimum absolute atomic E-state index is 0.0428. The van der Waals surface area contributed by atoms with Gasteiger partial charge in [0.15, 0.2) is 11.6 Å². The summed E-state index contributed by atoms with van der Waals surface area (Å²) in [7, 11) is 0. The van der Waals surface area contributed by atoms with E-state index in [2.05, 4.69) is 5.32 Å². The lowest BCUT2D eigenvalue weighted by Gasteiger charge is -2.37. The minimum atomic E-state index is -1.19. The maximum absolute atomic E-state index is 13.4. The Balaban J connectivity index is 2.59. The number of nitrogens with one attached hydrogen (secondary N) is 1. The topological polar surface area (TPSA) is 69.6 Å². The number of aliphatic carboxylic acids is 1. The van der Waals surface area contributed by atoms with Crippen LogP contribution in [0.25, 0.3) is 0 Å². The number of carbonyl (C=O) groups excluding carboxylic acids is 1. The maximum atomic E-state index is 13.4. The number of rotatable bonds is 3. The quantitative estimate of drug-likeness (QED) is 0.890. The normalized spacial score (nSPS) is 19.3. The molecule has 108 valence electrons. The summed E-state index contributed by atoms with van der Waals surface area (Å²) in [5.41, 5.74) is 0.247. The van der Waals surface area contributed by atoms with E-state index in [4.69, 9.17) is 0 Å². The second-order valence-corrected chi connectivity index (χ2v) is 4.62. The van der Waals surface area contributed by atoms with Crippen LogP contribution in [0.4, 0.5) is 20.2 Å². The van der Waals surface area contributed by atoms with Crippen molar-refractivity contribution in [3.63, 3.8) is 0 Å². The molecule has 7 heteroatoms. The third-order valence-electron chi connectivity index (χ3n) is 3.26. The molecular weight excluding hydrogens is 270 g/mol. The molecule has 2 atom stereocenters. The molecule has 0 bridgehead atoms. The molecule has 1 aliphatic heterocycles. The zero-order valence-corrected chi connectivity index (χ0v) is 11.0. The van der Waals surface area contributed by atoms with E-state index in [1.54, 1.807) is 6.92 Å². The Kier molecular flexibility index (Phi) is 3.61. The van der Waals surface area contributed by atoms with E-state index < -0.39 is 35.6 Å². The van der Waals surface area contributed by atoms with E-state index in [1.165, 1.54) is 6.92 Å². The first-order valence-corrected chi connectivity index (χ1v) is 6.18. The highest BCUT2D eigenvalue weighted by Crippen LogP contribution is 2.35. The summed E-state index contributed by atoms with van der Waals surface area (Å²) in [6.07, 6.45) is 0.159. The monoisotopic (exact) mass is 284 g/mol. The summed E-state index contributed by atoms with van der Waals surface area (Å²) in [5, 5.41) is 11.9. The summed E-state index contributed by atoms with van der Waals surface area (Å²) in [4.78, 5) is 24.4. The van der Waals surface area contributed by atoms with Gasteiger partial charge in [0.2, 0.25) is 5.91 Å². The van der Waals surface area contributed by atoms with E-state index in [1.807, 2.05) is 0 Å². The Morgan fingerprint density at radius 2 is 2.05 bits per heavy atom. The molecule has 2 unspecified atom stereocenters. The van der Waals surface area contributed by atoms with Crippen molar-refractivity contribution in [3.8, 4) is 0 Å². The van der Waals surface area contributed by atoms with Gasteiger partial charge in [0, 0.05) is 12.1 Å². The molecular formula is C13H14F2N2O3. The zero-order chi connectivity index (χ0) is 15.0. The molecule has 0 radical (unpaired) electrons. The molecule has 2 N–H and O–H groups in total. The molecule has 0 aromatic heterocycles. The predicted molar refractivity (Wildman–Crippen MR) is 68.6 cm³/mol. The smallest absolute Gasteiger partial charge is 0.326 e. The Labute approximate surface area is 114 Å². The lowest BCUT2D eigenvalue weighted by atomic mass is 10.0. The number of amides is 1. The van der Waals surface area contributed by atoms with Crippen LogP contribution in [0.2, 0.25) is 0 Å². The number of anilines is 2. The molecule has 1 aromatic carbocycles. The molecule has 1 aliphatic rings. The van der Waals surface area contributed by atoms with Crippen LogP contribution in [-0.4, -0.2) is 29.1 Å². The van der Waals surface area contributed by atoms with Gasteiger partial charge in [-0.05, 0) is 13.3 Å². The third kappa shape index (κ3) is 2.19. The van der Waals surface area contributed by atoms with Gasteiger partial charge in [-0.1, -0.05) is 6.92 Å². The highest BCUT2D eigenvalue weighted by molar-refractivity contribution is 6.08. The average molecular weight is 284 g/mol. The van der Waals surface area contributed by atoms with Crippen LogP contribution in [-0.2, 0) is 9.59 Å². The Bertz CT molecular complexity index is 577. The number of fused-ring (bicyclic) bond motifs is 1. The number of benzene rings is 1. The number of hydrogen-bond donors (Lipinski definition) is 2. The van der Waals surface area contributed by atoms with Gasteiger partial charge < -0.3 is 10.4 Å². The van der Waals surface area contributed by atoms with Gasteiger partial charge in [0.05, 0.1) is 11.4 Å². The van der Waals surface area contributed by atoms with Gasteiger partial charge in [0.25, 0.3) is 0 Å². The fourth-order valence-electron chi connectivity index (χ4n) is 2.26. The van der Waals surface area contributed by atoms with Crippen LogP contribution < -0.4 is 10.2 Å². The van der Waals surface area contributed by atoms with Crippen molar-refractivity contribution in [1.82, 2.24) is 0 Å². The molecule has 0 aliphatic carbocycles. The third-order valence-corrected chi connectivity index (χ3v) is 3.26. The van der Waals surface area contributed by atoms with Gasteiger partial charge in [-0.3, -0.25) is 9.69 Å².